The van der Waals surface area contributed by atoms with Gasteiger partial charge in [-0.05, 0) is 25.5 Å². The van der Waals surface area contributed by atoms with Crippen LogP contribution in [0.4, 0.5) is 0 Å². The number of aryl methyl sites for hydroxylation is 1. The molecule has 0 fully saturated rings. The number of hydrogen-bond donors (Lipinski definition) is 0. The first-order chi connectivity index (χ1) is 12.6. The third-order valence-electron chi connectivity index (χ3n) is 4.36. The van der Waals surface area contributed by atoms with Gasteiger partial charge < -0.3 is 14.0 Å². The summed E-state index contributed by atoms with van der Waals surface area (Å²) in [5.41, 5.74) is 2.82. The van der Waals surface area contributed by atoms with E-state index < -0.39 is 0 Å². The molecule has 26 heavy (non-hydrogen) atoms. The van der Waals surface area contributed by atoms with Crippen LogP contribution in [0.5, 0.6) is 0 Å². The Balaban J connectivity index is 1.76. The Morgan fingerprint density at radius 2 is 2.00 bits per heavy atom. The van der Waals surface area contributed by atoms with Crippen molar-refractivity contribution >= 4 is 5.91 Å². The molecule has 6 heteroatoms. The zero-order valence-corrected chi connectivity index (χ0v) is 15.5. The Kier molecular flexibility index (Phi) is 5.51. The van der Waals surface area contributed by atoms with Crippen molar-refractivity contribution in [3.63, 3.8) is 0 Å². The average molecular weight is 352 g/mol. The van der Waals surface area contributed by atoms with E-state index in [1.54, 1.807) is 4.90 Å². The predicted molar refractivity (Wildman–Crippen MR) is 100 cm³/mol. The molecule has 0 saturated carbocycles. The van der Waals surface area contributed by atoms with E-state index in [4.69, 9.17) is 4.52 Å². The number of benzene rings is 1. The molecule has 0 aliphatic heterocycles. The minimum atomic E-state index is 0.0640. The van der Waals surface area contributed by atoms with Crippen molar-refractivity contribution in [2.24, 2.45) is 0 Å². The highest BCUT2D eigenvalue weighted by atomic mass is 16.5. The normalized spacial score (nSPS) is 10.9. The summed E-state index contributed by atoms with van der Waals surface area (Å²) in [5.74, 6) is 1.02. The van der Waals surface area contributed by atoms with E-state index in [0.29, 0.717) is 11.7 Å². The number of carbonyl (C=O) groups excluding carboxylic acids is 1. The zero-order valence-electron chi connectivity index (χ0n) is 15.5. The summed E-state index contributed by atoms with van der Waals surface area (Å²) in [5, 5.41) is 4.07. The van der Waals surface area contributed by atoms with Crippen molar-refractivity contribution in [1.29, 1.82) is 0 Å². The van der Waals surface area contributed by atoms with Gasteiger partial charge in [-0.1, -0.05) is 48.3 Å². The standard InChI is InChI=1S/C20H24N4O2/c1-4-5-12-23(3)18(25)14-24-13-6-7-17(24)20-21-19(22-26-20)16-10-8-15(2)9-11-16/h6-11,13H,4-5,12,14H2,1-3H3. The number of carbonyl (C=O) groups is 1. The van der Waals surface area contributed by atoms with E-state index in [9.17, 15) is 4.79 Å². The molecule has 3 rings (SSSR count). The highest BCUT2D eigenvalue weighted by Crippen LogP contribution is 2.23. The summed E-state index contributed by atoms with van der Waals surface area (Å²) >= 11 is 0. The van der Waals surface area contributed by atoms with Crippen LogP contribution in [0.25, 0.3) is 23.0 Å². The third kappa shape index (κ3) is 4.02. The van der Waals surface area contributed by atoms with Gasteiger partial charge in [-0.25, -0.2) is 0 Å². The largest absolute Gasteiger partial charge is 0.344 e. The van der Waals surface area contributed by atoms with Crippen LogP contribution in [0, 0.1) is 6.92 Å². The van der Waals surface area contributed by atoms with E-state index in [1.165, 1.54) is 5.56 Å². The molecule has 0 aliphatic rings. The summed E-state index contributed by atoms with van der Waals surface area (Å²) in [6.07, 6.45) is 3.93. The molecule has 0 aliphatic carbocycles. The van der Waals surface area contributed by atoms with Crippen molar-refractivity contribution in [2.75, 3.05) is 13.6 Å². The molecule has 1 aromatic carbocycles. The van der Waals surface area contributed by atoms with Gasteiger partial charge in [0.2, 0.25) is 11.7 Å². The monoisotopic (exact) mass is 352 g/mol. The summed E-state index contributed by atoms with van der Waals surface area (Å²) in [6, 6.07) is 11.7. The average Bonchev–Trinajstić information content (AvgIpc) is 3.29. The predicted octanol–water partition coefficient (Wildman–Crippen LogP) is 3.77. The second kappa shape index (κ2) is 7.99. The summed E-state index contributed by atoms with van der Waals surface area (Å²) in [4.78, 5) is 18.7. The van der Waals surface area contributed by atoms with Gasteiger partial charge in [0.1, 0.15) is 12.2 Å². The van der Waals surface area contributed by atoms with Crippen LogP contribution in [0.15, 0.2) is 47.1 Å². The van der Waals surface area contributed by atoms with Crippen molar-refractivity contribution < 1.29 is 9.32 Å². The van der Waals surface area contributed by atoms with Crippen molar-refractivity contribution in [3.05, 3.63) is 48.2 Å². The molecule has 0 spiro atoms. The maximum atomic E-state index is 12.4. The molecule has 0 unspecified atom stereocenters. The first-order valence-electron chi connectivity index (χ1n) is 8.88. The summed E-state index contributed by atoms with van der Waals surface area (Å²) in [7, 11) is 1.84. The number of likely N-dealkylation sites (N-methyl/N-ethyl adjacent to an activating group) is 1. The lowest BCUT2D eigenvalue weighted by molar-refractivity contribution is -0.130. The number of nitrogens with zero attached hydrogens (tertiary/aromatic N) is 4. The van der Waals surface area contributed by atoms with Gasteiger partial charge >= 0.3 is 0 Å². The molecule has 2 aromatic heterocycles. The zero-order chi connectivity index (χ0) is 18.5. The lowest BCUT2D eigenvalue weighted by atomic mass is 10.1. The van der Waals surface area contributed by atoms with Crippen LogP contribution in [0.3, 0.4) is 0 Å². The van der Waals surface area contributed by atoms with Crippen LogP contribution in [0.1, 0.15) is 25.3 Å². The van der Waals surface area contributed by atoms with Gasteiger partial charge in [-0.3, -0.25) is 4.79 Å². The molecule has 0 saturated heterocycles. The maximum absolute atomic E-state index is 12.4. The Bertz CT molecular complexity index is 864. The van der Waals surface area contributed by atoms with E-state index in [-0.39, 0.29) is 12.5 Å². The van der Waals surface area contributed by atoms with E-state index in [0.717, 1.165) is 30.6 Å². The smallest absolute Gasteiger partial charge is 0.274 e. The molecule has 1 amide bonds. The second-order valence-electron chi connectivity index (χ2n) is 6.48. The van der Waals surface area contributed by atoms with Crippen LogP contribution >= 0.6 is 0 Å². The Labute approximate surface area is 153 Å². The second-order valence-corrected chi connectivity index (χ2v) is 6.48. The Morgan fingerprint density at radius 3 is 2.73 bits per heavy atom. The first kappa shape index (κ1) is 17.9. The minimum absolute atomic E-state index is 0.0640. The third-order valence-corrected chi connectivity index (χ3v) is 4.36. The summed E-state index contributed by atoms with van der Waals surface area (Å²) < 4.78 is 7.28. The first-order valence-corrected chi connectivity index (χ1v) is 8.88. The number of amides is 1. The lowest BCUT2D eigenvalue weighted by Crippen LogP contribution is -2.31. The minimum Gasteiger partial charge on any atom is -0.344 e. The molecular formula is C20H24N4O2. The van der Waals surface area contributed by atoms with Gasteiger partial charge in [0, 0.05) is 25.4 Å². The molecule has 2 heterocycles. The van der Waals surface area contributed by atoms with E-state index >= 15 is 0 Å². The molecule has 136 valence electrons. The van der Waals surface area contributed by atoms with Gasteiger partial charge in [0.25, 0.3) is 5.89 Å². The highest BCUT2D eigenvalue weighted by Gasteiger charge is 2.16. The molecule has 0 N–H and O–H groups in total. The number of unbranched alkanes of at least 4 members (excludes halogenated alkanes) is 1. The molecule has 0 atom stereocenters. The van der Waals surface area contributed by atoms with Crippen molar-refractivity contribution in [2.45, 2.75) is 33.2 Å². The van der Waals surface area contributed by atoms with Gasteiger partial charge in [-0.2, -0.15) is 4.98 Å². The lowest BCUT2D eigenvalue weighted by Gasteiger charge is -2.17. The number of rotatable bonds is 7. The fraction of sp³-hybridized carbons (Fsp3) is 0.350. The van der Waals surface area contributed by atoms with Gasteiger partial charge in [-0.15, -0.1) is 0 Å². The van der Waals surface area contributed by atoms with Crippen molar-refractivity contribution in [1.82, 2.24) is 19.6 Å². The molecule has 0 radical (unpaired) electrons. The number of hydrogen-bond acceptors (Lipinski definition) is 4. The molecule has 0 bridgehead atoms. The fourth-order valence-electron chi connectivity index (χ4n) is 2.68. The van der Waals surface area contributed by atoms with Gasteiger partial charge in [0.15, 0.2) is 0 Å². The molecule has 3 aromatic rings. The molecular weight excluding hydrogens is 328 g/mol. The summed E-state index contributed by atoms with van der Waals surface area (Å²) in [6.45, 7) is 5.17. The molecule has 6 nitrogen and oxygen atoms in total. The highest BCUT2D eigenvalue weighted by molar-refractivity contribution is 5.76. The van der Waals surface area contributed by atoms with Crippen LogP contribution in [0.2, 0.25) is 0 Å². The quantitative estimate of drug-likeness (QED) is 0.649. The van der Waals surface area contributed by atoms with Gasteiger partial charge in [0.05, 0.1) is 0 Å². The van der Waals surface area contributed by atoms with Crippen molar-refractivity contribution in [3.8, 4) is 23.0 Å². The van der Waals surface area contributed by atoms with Crippen LogP contribution < -0.4 is 0 Å². The van der Waals surface area contributed by atoms with E-state index in [2.05, 4.69) is 17.1 Å². The van der Waals surface area contributed by atoms with E-state index in [1.807, 2.05) is 61.1 Å². The van der Waals surface area contributed by atoms with Crippen LogP contribution in [-0.2, 0) is 11.3 Å². The number of aromatic nitrogens is 3. The topological polar surface area (TPSA) is 64.2 Å². The van der Waals surface area contributed by atoms with Crippen LogP contribution in [-0.4, -0.2) is 39.1 Å². The maximum Gasteiger partial charge on any atom is 0.274 e. The SMILES string of the molecule is CCCCN(C)C(=O)Cn1cccc1-c1nc(-c2ccc(C)cc2)no1. The Morgan fingerprint density at radius 1 is 1.23 bits per heavy atom. The fourth-order valence-corrected chi connectivity index (χ4v) is 2.68. The Hall–Kier alpha value is -2.89.